The summed E-state index contributed by atoms with van der Waals surface area (Å²) in [6.45, 7) is 12.9. The number of rotatable bonds is 7. The predicted molar refractivity (Wildman–Crippen MR) is 95.4 cm³/mol. The third-order valence-electron chi connectivity index (χ3n) is 4.82. The Labute approximate surface area is 141 Å². The Morgan fingerprint density at radius 3 is 2.87 bits per heavy atom. The van der Waals surface area contributed by atoms with E-state index >= 15 is 0 Å². The smallest absolute Gasteiger partial charge is 0.106 e. The largest absolute Gasteiger partial charge is 0.368 e. The highest BCUT2D eigenvalue weighted by Gasteiger charge is 2.34. The highest BCUT2D eigenvalue weighted by molar-refractivity contribution is 5.16. The van der Waals surface area contributed by atoms with Crippen molar-refractivity contribution in [2.45, 2.75) is 52.6 Å². The molecule has 0 aliphatic carbocycles. The molecule has 0 N–H and O–H groups in total. The van der Waals surface area contributed by atoms with E-state index in [-0.39, 0.29) is 5.60 Å². The molecule has 1 aliphatic heterocycles. The van der Waals surface area contributed by atoms with E-state index in [0.717, 1.165) is 32.2 Å². The molecule has 1 saturated heterocycles. The molecule has 0 aromatic carbocycles. The minimum absolute atomic E-state index is 0.224. The van der Waals surface area contributed by atoms with Crippen molar-refractivity contribution in [2.75, 3.05) is 26.2 Å². The van der Waals surface area contributed by atoms with Crippen LogP contribution >= 0.6 is 0 Å². The molecule has 0 spiro atoms. The summed E-state index contributed by atoms with van der Waals surface area (Å²) in [6.07, 6.45) is 10.1. The van der Waals surface area contributed by atoms with Crippen LogP contribution in [-0.4, -0.2) is 40.9 Å². The quantitative estimate of drug-likeness (QED) is 0.717. The van der Waals surface area contributed by atoms with Gasteiger partial charge >= 0.3 is 0 Å². The summed E-state index contributed by atoms with van der Waals surface area (Å²) < 4.78 is 7.95. The van der Waals surface area contributed by atoms with Crippen molar-refractivity contribution in [2.24, 2.45) is 13.0 Å². The van der Waals surface area contributed by atoms with Gasteiger partial charge in [-0.05, 0) is 52.5 Å². The summed E-state index contributed by atoms with van der Waals surface area (Å²) in [7, 11) is 1.96. The molecule has 0 saturated carbocycles. The lowest BCUT2D eigenvalue weighted by Crippen LogP contribution is -2.48. The Balaban J connectivity index is 1.81. The van der Waals surface area contributed by atoms with Crippen molar-refractivity contribution in [1.29, 1.82) is 0 Å². The van der Waals surface area contributed by atoms with Crippen molar-refractivity contribution in [3.05, 3.63) is 29.6 Å². The van der Waals surface area contributed by atoms with E-state index in [1.807, 2.05) is 17.9 Å². The average molecular weight is 319 g/mol. The Hall–Kier alpha value is -1.13. The maximum atomic E-state index is 6.09. The number of ether oxygens (including phenoxy) is 1. The van der Waals surface area contributed by atoms with E-state index in [9.17, 15) is 0 Å². The van der Waals surface area contributed by atoms with Gasteiger partial charge in [-0.25, -0.2) is 0 Å². The van der Waals surface area contributed by atoms with Crippen LogP contribution in [0.3, 0.4) is 0 Å². The van der Waals surface area contributed by atoms with Crippen molar-refractivity contribution < 1.29 is 4.74 Å². The summed E-state index contributed by atoms with van der Waals surface area (Å²) in [5.41, 5.74) is 2.39. The molecule has 2 atom stereocenters. The monoisotopic (exact) mass is 319 g/mol. The molecule has 2 rings (SSSR count). The highest BCUT2D eigenvalue weighted by atomic mass is 16.5. The van der Waals surface area contributed by atoms with E-state index < -0.39 is 0 Å². The summed E-state index contributed by atoms with van der Waals surface area (Å²) in [5.74, 6) is 0.776. The van der Waals surface area contributed by atoms with Crippen LogP contribution in [0.1, 0.15) is 52.5 Å². The van der Waals surface area contributed by atoms with Gasteiger partial charge in [0.05, 0.1) is 12.8 Å². The summed E-state index contributed by atoms with van der Waals surface area (Å²) >= 11 is 0. The molecule has 4 heteroatoms. The third kappa shape index (κ3) is 5.47. The molecule has 130 valence electrons. The summed E-state index contributed by atoms with van der Waals surface area (Å²) in [5, 5.41) is 4.30. The van der Waals surface area contributed by atoms with Gasteiger partial charge in [-0.3, -0.25) is 9.58 Å². The van der Waals surface area contributed by atoms with Gasteiger partial charge in [0.25, 0.3) is 0 Å². The van der Waals surface area contributed by atoms with Crippen LogP contribution in [0.15, 0.2) is 24.0 Å². The molecular formula is C19H33N3O. The van der Waals surface area contributed by atoms with E-state index in [4.69, 9.17) is 4.74 Å². The van der Waals surface area contributed by atoms with Crippen molar-refractivity contribution in [3.8, 4) is 0 Å². The molecule has 1 aromatic rings. The Morgan fingerprint density at radius 1 is 1.43 bits per heavy atom. The first kappa shape index (κ1) is 18.2. The maximum Gasteiger partial charge on any atom is 0.106 e. The van der Waals surface area contributed by atoms with Gasteiger partial charge in [0, 0.05) is 31.9 Å². The minimum Gasteiger partial charge on any atom is -0.368 e. The SMILES string of the molecule is CC(C)=CCCC(C)CCN1CCOC(C)(c2cnn(C)c2)C1. The molecule has 23 heavy (non-hydrogen) atoms. The van der Waals surface area contributed by atoms with E-state index in [1.54, 1.807) is 0 Å². The number of nitrogens with zero attached hydrogens (tertiary/aromatic N) is 3. The van der Waals surface area contributed by atoms with Crippen molar-refractivity contribution in [1.82, 2.24) is 14.7 Å². The lowest BCUT2D eigenvalue weighted by atomic mass is 9.96. The fourth-order valence-corrected chi connectivity index (χ4v) is 3.22. The van der Waals surface area contributed by atoms with Gasteiger partial charge in [-0.2, -0.15) is 5.10 Å². The zero-order valence-electron chi connectivity index (χ0n) is 15.5. The Kier molecular flexibility index (Phi) is 6.42. The molecule has 0 amide bonds. The van der Waals surface area contributed by atoms with Crippen LogP contribution in [0.4, 0.5) is 0 Å². The minimum atomic E-state index is -0.224. The summed E-state index contributed by atoms with van der Waals surface area (Å²) in [6, 6.07) is 0. The van der Waals surface area contributed by atoms with E-state index in [0.29, 0.717) is 0 Å². The van der Waals surface area contributed by atoms with Gasteiger partial charge in [0.15, 0.2) is 0 Å². The zero-order valence-corrected chi connectivity index (χ0v) is 15.5. The van der Waals surface area contributed by atoms with Gasteiger partial charge < -0.3 is 4.74 Å². The topological polar surface area (TPSA) is 30.3 Å². The lowest BCUT2D eigenvalue weighted by Gasteiger charge is -2.40. The van der Waals surface area contributed by atoms with Crippen LogP contribution in [0.2, 0.25) is 0 Å². The van der Waals surface area contributed by atoms with E-state index in [1.165, 1.54) is 30.4 Å². The van der Waals surface area contributed by atoms with E-state index in [2.05, 4.69) is 50.0 Å². The Bertz CT molecular complexity index is 518. The molecular weight excluding hydrogens is 286 g/mol. The highest BCUT2D eigenvalue weighted by Crippen LogP contribution is 2.29. The van der Waals surface area contributed by atoms with Gasteiger partial charge in [-0.1, -0.05) is 18.6 Å². The number of allylic oxidation sites excluding steroid dienone is 2. The first-order valence-corrected chi connectivity index (χ1v) is 8.88. The Morgan fingerprint density at radius 2 is 2.22 bits per heavy atom. The zero-order chi connectivity index (χ0) is 16.9. The number of aromatic nitrogens is 2. The molecule has 1 aliphatic rings. The molecule has 0 bridgehead atoms. The van der Waals surface area contributed by atoms with Crippen LogP contribution in [0.25, 0.3) is 0 Å². The molecule has 2 heterocycles. The molecule has 1 fully saturated rings. The van der Waals surface area contributed by atoms with Crippen LogP contribution in [-0.2, 0) is 17.4 Å². The number of aryl methyl sites for hydroxylation is 1. The molecule has 1 aromatic heterocycles. The van der Waals surface area contributed by atoms with Gasteiger partial charge in [0.2, 0.25) is 0 Å². The molecule has 4 nitrogen and oxygen atoms in total. The fourth-order valence-electron chi connectivity index (χ4n) is 3.22. The number of morpholine rings is 1. The average Bonchev–Trinajstić information content (AvgIpc) is 2.92. The maximum absolute atomic E-state index is 6.09. The predicted octanol–water partition coefficient (Wildman–Crippen LogP) is 3.74. The standard InChI is InChI=1S/C19H33N3O/c1-16(2)7-6-8-17(3)9-10-22-11-12-23-19(4,15-22)18-13-20-21(5)14-18/h7,13-14,17H,6,8-12,15H2,1-5H3. The van der Waals surface area contributed by atoms with Gasteiger partial charge in [0.1, 0.15) is 5.60 Å². The van der Waals surface area contributed by atoms with Crippen molar-refractivity contribution >= 4 is 0 Å². The summed E-state index contributed by atoms with van der Waals surface area (Å²) in [4.78, 5) is 2.55. The second kappa shape index (κ2) is 8.11. The van der Waals surface area contributed by atoms with Crippen LogP contribution in [0.5, 0.6) is 0 Å². The first-order valence-electron chi connectivity index (χ1n) is 8.88. The molecule has 2 unspecified atom stereocenters. The van der Waals surface area contributed by atoms with Crippen LogP contribution in [0, 0.1) is 5.92 Å². The second-order valence-electron chi connectivity index (χ2n) is 7.51. The fraction of sp³-hybridized carbons (Fsp3) is 0.737. The first-order chi connectivity index (χ1) is 10.9. The lowest BCUT2D eigenvalue weighted by molar-refractivity contribution is -0.104. The number of hydrogen-bond acceptors (Lipinski definition) is 3. The second-order valence-corrected chi connectivity index (χ2v) is 7.51. The van der Waals surface area contributed by atoms with Gasteiger partial charge in [-0.15, -0.1) is 0 Å². The number of hydrogen-bond donors (Lipinski definition) is 0. The molecule has 0 radical (unpaired) electrons. The normalized spacial score (nSPS) is 23.7. The third-order valence-corrected chi connectivity index (χ3v) is 4.82. The van der Waals surface area contributed by atoms with Crippen LogP contribution < -0.4 is 0 Å². The van der Waals surface area contributed by atoms with Crippen molar-refractivity contribution in [3.63, 3.8) is 0 Å².